The largest absolute Gasteiger partial charge is 0.497 e. The normalized spacial score (nSPS) is 10.6. The Morgan fingerprint density at radius 3 is 2.95 bits per heavy atom. The molecular weight excluding hydrogens is 302 g/mol. The molecular formula is C15H15N3O3S. The van der Waals surface area contributed by atoms with Gasteiger partial charge in [-0.15, -0.1) is 11.3 Å². The Balaban J connectivity index is 1.72. The molecule has 0 fully saturated rings. The molecule has 1 aromatic carbocycles. The van der Waals surface area contributed by atoms with Crippen LogP contribution >= 0.6 is 11.3 Å². The van der Waals surface area contributed by atoms with Gasteiger partial charge in [0.05, 0.1) is 32.0 Å². The third kappa shape index (κ3) is 2.89. The predicted molar refractivity (Wildman–Crippen MR) is 84.9 cm³/mol. The van der Waals surface area contributed by atoms with Crippen molar-refractivity contribution in [3.63, 3.8) is 0 Å². The lowest BCUT2D eigenvalue weighted by atomic mass is 10.2. The van der Waals surface area contributed by atoms with E-state index in [1.807, 2.05) is 22.2 Å². The van der Waals surface area contributed by atoms with E-state index in [0.717, 1.165) is 10.7 Å². The number of fused-ring (bicyclic) bond motifs is 1. The minimum atomic E-state index is -0.144. The highest BCUT2D eigenvalue weighted by Crippen LogP contribution is 2.29. The Bertz CT molecular complexity index is 781. The predicted octanol–water partition coefficient (Wildman–Crippen LogP) is 2.59. The zero-order valence-electron chi connectivity index (χ0n) is 12.2. The van der Waals surface area contributed by atoms with Crippen LogP contribution in [-0.2, 0) is 11.2 Å². The van der Waals surface area contributed by atoms with Crippen LogP contribution in [0.25, 0.3) is 4.96 Å². The van der Waals surface area contributed by atoms with Gasteiger partial charge in [-0.1, -0.05) is 0 Å². The van der Waals surface area contributed by atoms with Gasteiger partial charge < -0.3 is 14.8 Å². The van der Waals surface area contributed by atoms with E-state index in [4.69, 9.17) is 9.47 Å². The molecule has 6 nitrogen and oxygen atoms in total. The fourth-order valence-corrected chi connectivity index (χ4v) is 2.84. The number of nitrogens with one attached hydrogen (secondary N) is 1. The van der Waals surface area contributed by atoms with Crippen molar-refractivity contribution in [2.45, 2.75) is 6.42 Å². The van der Waals surface area contributed by atoms with Crippen LogP contribution < -0.4 is 14.8 Å². The van der Waals surface area contributed by atoms with Crippen LogP contribution in [0.1, 0.15) is 5.69 Å². The van der Waals surface area contributed by atoms with Crippen LogP contribution in [0.5, 0.6) is 11.5 Å². The zero-order chi connectivity index (χ0) is 15.5. The van der Waals surface area contributed by atoms with Crippen LogP contribution in [-0.4, -0.2) is 29.5 Å². The van der Waals surface area contributed by atoms with Crippen LogP contribution in [0.4, 0.5) is 5.69 Å². The molecule has 0 aliphatic heterocycles. The number of hydrogen-bond donors (Lipinski definition) is 1. The Kier molecular flexibility index (Phi) is 3.97. The lowest BCUT2D eigenvalue weighted by molar-refractivity contribution is -0.115. The molecule has 2 aromatic heterocycles. The summed E-state index contributed by atoms with van der Waals surface area (Å²) in [5.74, 6) is 1.08. The number of imidazole rings is 1. The molecule has 0 spiro atoms. The smallest absolute Gasteiger partial charge is 0.230 e. The number of benzene rings is 1. The van der Waals surface area contributed by atoms with Gasteiger partial charge in [-0.3, -0.25) is 9.20 Å². The second kappa shape index (κ2) is 6.07. The summed E-state index contributed by atoms with van der Waals surface area (Å²) in [5.41, 5.74) is 1.34. The van der Waals surface area contributed by atoms with Crippen molar-refractivity contribution in [3.8, 4) is 11.5 Å². The number of amides is 1. The standard InChI is InChI=1S/C15H15N3O3S/c1-20-11-3-4-12(13(8-11)21-2)17-14(19)7-10-9-18-5-6-22-15(18)16-10/h3-6,8-9H,7H2,1-2H3,(H,17,19). The summed E-state index contributed by atoms with van der Waals surface area (Å²) in [6.07, 6.45) is 3.99. The number of nitrogens with zero attached hydrogens (tertiary/aromatic N) is 2. The number of methoxy groups -OCH3 is 2. The second-order valence-corrected chi connectivity index (χ2v) is 5.49. The van der Waals surface area contributed by atoms with Gasteiger partial charge in [-0.25, -0.2) is 4.98 Å². The third-order valence-corrected chi connectivity index (χ3v) is 3.94. The van der Waals surface area contributed by atoms with Gasteiger partial charge in [-0.05, 0) is 12.1 Å². The first kappa shape index (κ1) is 14.4. The minimum Gasteiger partial charge on any atom is -0.497 e. The van der Waals surface area contributed by atoms with Crippen molar-refractivity contribution in [2.75, 3.05) is 19.5 Å². The molecule has 0 unspecified atom stereocenters. The number of carbonyl (C=O) groups is 1. The molecule has 1 N–H and O–H groups in total. The molecule has 114 valence electrons. The van der Waals surface area contributed by atoms with E-state index >= 15 is 0 Å². The highest BCUT2D eigenvalue weighted by molar-refractivity contribution is 7.15. The number of ether oxygens (including phenoxy) is 2. The van der Waals surface area contributed by atoms with Crippen molar-refractivity contribution >= 4 is 27.9 Å². The number of thiazole rings is 1. The number of carbonyl (C=O) groups excluding carboxylic acids is 1. The first-order valence-corrected chi connectivity index (χ1v) is 7.50. The molecule has 3 rings (SSSR count). The first-order chi connectivity index (χ1) is 10.7. The lowest BCUT2D eigenvalue weighted by Gasteiger charge is -2.11. The maximum atomic E-state index is 12.2. The van der Waals surface area contributed by atoms with E-state index in [1.165, 1.54) is 11.3 Å². The quantitative estimate of drug-likeness (QED) is 0.785. The summed E-state index contributed by atoms with van der Waals surface area (Å²) in [6, 6.07) is 5.24. The third-order valence-electron chi connectivity index (χ3n) is 3.17. The lowest BCUT2D eigenvalue weighted by Crippen LogP contribution is -2.15. The number of rotatable bonds is 5. The number of anilines is 1. The number of aromatic nitrogens is 2. The molecule has 7 heteroatoms. The topological polar surface area (TPSA) is 64.9 Å². The molecule has 1 amide bonds. The molecule has 0 atom stereocenters. The van der Waals surface area contributed by atoms with Crippen LogP contribution in [0.15, 0.2) is 36.0 Å². The van der Waals surface area contributed by atoms with Gasteiger partial charge in [0.25, 0.3) is 0 Å². The minimum absolute atomic E-state index is 0.144. The van der Waals surface area contributed by atoms with Crippen molar-refractivity contribution in [1.82, 2.24) is 9.38 Å². The van der Waals surface area contributed by atoms with E-state index in [1.54, 1.807) is 32.4 Å². The molecule has 0 saturated heterocycles. The highest BCUT2D eigenvalue weighted by atomic mass is 32.1. The Labute approximate surface area is 131 Å². The van der Waals surface area contributed by atoms with Gasteiger partial charge in [0.15, 0.2) is 4.96 Å². The fourth-order valence-electron chi connectivity index (χ4n) is 2.12. The molecule has 0 aliphatic carbocycles. The Morgan fingerprint density at radius 1 is 1.36 bits per heavy atom. The summed E-state index contributed by atoms with van der Waals surface area (Å²) in [4.78, 5) is 17.4. The maximum Gasteiger partial charge on any atom is 0.230 e. The van der Waals surface area contributed by atoms with Gasteiger partial charge in [0.1, 0.15) is 11.5 Å². The van der Waals surface area contributed by atoms with Gasteiger partial charge >= 0.3 is 0 Å². The van der Waals surface area contributed by atoms with Crippen LogP contribution in [0, 0.1) is 0 Å². The molecule has 22 heavy (non-hydrogen) atoms. The van der Waals surface area contributed by atoms with Gasteiger partial charge in [0, 0.05) is 23.8 Å². The average Bonchev–Trinajstić information content (AvgIpc) is 3.08. The second-order valence-electron chi connectivity index (χ2n) is 4.62. The van der Waals surface area contributed by atoms with E-state index in [9.17, 15) is 4.79 Å². The molecule has 2 heterocycles. The maximum absolute atomic E-state index is 12.2. The summed E-state index contributed by atoms with van der Waals surface area (Å²) >= 11 is 1.54. The molecule has 0 radical (unpaired) electrons. The van der Waals surface area contributed by atoms with E-state index in [2.05, 4.69) is 10.3 Å². The number of hydrogen-bond acceptors (Lipinski definition) is 5. The summed E-state index contributed by atoms with van der Waals surface area (Å²) in [5, 5.41) is 4.79. The summed E-state index contributed by atoms with van der Waals surface area (Å²) in [6.45, 7) is 0. The Morgan fingerprint density at radius 2 is 2.23 bits per heavy atom. The zero-order valence-corrected chi connectivity index (χ0v) is 13.0. The van der Waals surface area contributed by atoms with E-state index in [-0.39, 0.29) is 12.3 Å². The monoisotopic (exact) mass is 317 g/mol. The van der Waals surface area contributed by atoms with Crippen molar-refractivity contribution in [1.29, 1.82) is 0 Å². The van der Waals surface area contributed by atoms with E-state index in [0.29, 0.717) is 17.2 Å². The van der Waals surface area contributed by atoms with Gasteiger partial charge in [-0.2, -0.15) is 0 Å². The molecule has 0 aliphatic rings. The average molecular weight is 317 g/mol. The molecule has 0 bridgehead atoms. The fraction of sp³-hybridized carbons (Fsp3) is 0.200. The molecule has 0 saturated carbocycles. The summed E-state index contributed by atoms with van der Waals surface area (Å²) in [7, 11) is 3.13. The van der Waals surface area contributed by atoms with Gasteiger partial charge in [0.2, 0.25) is 5.91 Å². The summed E-state index contributed by atoms with van der Waals surface area (Å²) < 4.78 is 12.3. The SMILES string of the molecule is COc1ccc(NC(=O)Cc2cn3ccsc3n2)c(OC)c1. The van der Waals surface area contributed by atoms with Crippen molar-refractivity contribution in [3.05, 3.63) is 41.7 Å². The van der Waals surface area contributed by atoms with Crippen LogP contribution in [0.2, 0.25) is 0 Å². The van der Waals surface area contributed by atoms with Crippen molar-refractivity contribution < 1.29 is 14.3 Å². The van der Waals surface area contributed by atoms with Crippen molar-refractivity contribution in [2.24, 2.45) is 0 Å². The van der Waals surface area contributed by atoms with E-state index < -0.39 is 0 Å². The first-order valence-electron chi connectivity index (χ1n) is 6.62. The Hall–Kier alpha value is -2.54. The van der Waals surface area contributed by atoms with Crippen LogP contribution in [0.3, 0.4) is 0 Å². The molecule has 3 aromatic rings. The highest BCUT2D eigenvalue weighted by Gasteiger charge is 2.12.